The zero-order valence-corrected chi connectivity index (χ0v) is 13.5. The van der Waals surface area contributed by atoms with Crippen molar-refractivity contribution in [3.63, 3.8) is 0 Å². The van der Waals surface area contributed by atoms with Gasteiger partial charge in [0.2, 0.25) is 0 Å². The summed E-state index contributed by atoms with van der Waals surface area (Å²) >= 11 is 0. The summed E-state index contributed by atoms with van der Waals surface area (Å²) in [6.07, 6.45) is 2.42. The van der Waals surface area contributed by atoms with Crippen LogP contribution in [-0.2, 0) is 9.53 Å². The molecule has 3 N–H and O–H groups in total. The van der Waals surface area contributed by atoms with Gasteiger partial charge in [-0.25, -0.2) is 4.79 Å². The monoisotopic (exact) mass is 302 g/mol. The maximum atomic E-state index is 11.5. The molecule has 0 aromatic carbocycles. The molecule has 0 rings (SSSR count). The second-order valence-electron chi connectivity index (χ2n) is 5.83. The van der Waals surface area contributed by atoms with Crippen molar-refractivity contribution in [1.82, 2.24) is 10.6 Å². The Balaban J connectivity index is 3.40. The van der Waals surface area contributed by atoms with E-state index in [1.54, 1.807) is 0 Å². The van der Waals surface area contributed by atoms with Crippen molar-refractivity contribution in [2.75, 3.05) is 26.3 Å². The lowest BCUT2D eigenvalue weighted by atomic mass is 10.0. The Morgan fingerprint density at radius 2 is 1.76 bits per heavy atom. The SMILES string of the molecule is CC(C)COCCCNC(=O)NCCC(C)CCC(=O)O. The minimum atomic E-state index is -0.771. The zero-order chi connectivity index (χ0) is 16.1. The number of rotatable bonds is 12. The Kier molecular flexibility index (Phi) is 11.7. The van der Waals surface area contributed by atoms with Crippen LogP contribution in [0.5, 0.6) is 0 Å². The Morgan fingerprint density at radius 3 is 2.38 bits per heavy atom. The van der Waals surface area contributed by atoms with E-state index in [2.05, 4.69) is 24.5 Å². The van der Waals surface area contributed by atoms with Gasteiger partial charge in [-0.2, -0.15) is 0 Å². The van der Waals surface area contributed by atoms with Crippen molar-refractivity contribution in [3.8, 4) is 0 Å². The van der Waals surface area contributed by atoms with Crippen molar-refractivity contribution in [2.24, 2.45) is 11.8 Å². The Labute approximate surface area is 127 Å². The van der Waals surface area contributed by atoms with E-state index >= 15 is 0 Å². The van der Waals surface area contributed by atoms with Crippen LogP contribution in [0, 0.1) is 11.8 Å². The molecule has 0 aliphatic rings. The van der Waals surface area contributed by atoms with Crippen molar-refractivity contribution in [2.45, 2.75) is 46.5 Å². The van der Waals surface area contributed by atoms with E-state index in [1.165, 1.54) is 0 Å². The average molecular weight is 302 g/mol. The second kappa shape index (κ2) is 12.4. The number of nitrogens with one attached hydrogen (secondary N) is 2. The first-order chi connectivity index (χ1) is 9.91. The number of hydrogen-bond donors (Lipinski definition) is 3. The molecule has 0 saturated heterocycles. The normalized spacial score (nSPS) is 12.2. The first kappa shape index (κ1) is 19.7. The van der Waals surface area contributed by atoms with E-state index in [9.17, 15) is 9.59 Å². The molecule has 0 heterocycles. The van der Waals surface area contributed by atoms with Crippen LogP contribution in [0.25, 0.3) is 0 Å². The quantitative estimate of drug-likeness (QED) is 0.482. The van der Waals surface area contributed by atoms with E-state index in [-0.39, 0.29) is 12.5 Å². The summed E-state index contributed by atoms with van der Waals surface area (Å²) < 4.78 is 5.42. The molecule has 6 heteroatoms. The number of carboxylic acid groups (broad SMARTS) is 1. The fourth-order valence-corrected chi connectivity index (χ4v) is 1.70. The molecular weight excluding hydrogens is 272 g/mol. The van der Waals surface area contributed by atoms with Crippen LogP contribution in [0.4, 0.5) is 4.79 Å². The topological polar surface area (TPSA) is 87.7 Å². The molecule has 0 bridgehead atoms. The van der Waals surface area contributed by atoms with Gasteiger partial charge in [-0.3, -0.25) is 4.79 Å². The van der Waals surface area contributed by atoms with Crippen LogP contribution in [0.3, 0.4) is 0 Å². The molecule has 0 radical (unpaired) electrons. The molecule has 1 unspecified atom stereocenters. The Hall–Kier alpha value is -1.30. The van der Waals surface area contributed by atoms with Crippen LogP contribution in [0.1, 0.15) is 46.5 Å². The third-order valence-electron chi connectivity index (χ3n) is 2.98. The molecule has 0 aromatic heterocycles. The molecule has 0 fully saturated rings. The minimum Gasteiger partial charge on any atom is -0.481 e. The molecule has 1 atom stereocenters. The van der Waals surface area contributed by atoms with Gasteiger partial charge in [-0.1, -0.05) is 20.8 Å². The molecule has 0 aromatic rings. The summed E-state index contributed by atoms with van der Waals surface area (Å²) in [6.45, 7) is 8.76. The van der Waals surface area contributed by atoms with Gasteiger partial charge in [0.15, 0.2) is 0 Å². The van der Waals surface area contributed by atoms with Crippen molar-refractivity contribution >= 4 is 12.0 Å². The number of carbonyl (C=O) groups is 2. The maximum absolute atomic E-state index is 11.5. The lowest BCUT2D eigenvalue weighted by Gasteiger charge is -2.11. The molecule has 21 heavy (non-hydrogen) atoms. The predicted octanol–water partition coefficient (Wildman–Crippen LogP) is 2.24. The predicted molar refractivity (Wildman–Crippen MR) is 82.3 cm³/mol. The highest BCUT2D eigenvalue weighted by Gasteiger charge is 2.06. The smallest absolute Gasteiger partial charge is 0.314 e. The highest BCUT2D eigenvalue weighted by Crippen LogP contribution is 2.08. The van der Waals surface area contributed by atoms with Crippen LogP contribution in [0.2, 0.25) is 0 Å². The van der Waals surface area contributed by atoms with Gasteiger partial charge >= 0.3 is 12.0 Å². The van der Waals surface area contributed by atoms with Crippen LogP contribution in [-0.4, -0.2) is 43.4 Å². The Morgan fingerprint density at radius 1 is 1.10 bits per heavy atom. The second-order valence-corrected chi connectivity index (χ2v) is 5.83. The molecule has 124 valence electrons. The van der Waals surface area contributed by atoms with Crippen molar-refractivity contribution in [3.05, 3.63) is 0 Å². The molecular formula is C15H30N2O4. The lowest BCUT2D eigenvalue weighted by molar-refractivity contribution is -0.137. The first-order valence-corrected chi connectivity index (χ1v) is 7.73. The third kappa shape index (κ3) is 14.9. The molecule has 2 amide bonds. The van der Waals surface area contributed by atoms with Crippen molar-refractivity contribution in [1.29, 1.82) is 0 Å². The molecule has 0 spiro atoms. The number of ether oxygens (including phenoxy) is 1. The van der Waals surface area contributed by atoms with Gasteiger partial charge in [-0.15, -0.1) is 0 Å². The van der Waals surface area contributed by atoms with E-state index < -0.39 is 5.97 Å². The molecule has 0 saturated carbocycles. The average Bonchev–Trinajstić information content (AvgIpc) is 2.40. The molecule has 6 nitrogen and oxygen atoms in total. The Bertz CT molecular complexity index is 295. The largest absolute Gasteiger partial charge is 0.481 e. The number of urea groups is 1. The summed E-state index contributed by atoms with van der Waals surface area (Å²) in [7, 11) is 0. The zero-order valence-electron chi connectivity index (χ0n) is 13.5. The highest BCUT2D eigenvalue weighted by atomic mass is 16.5. The van der Waals surface area contributed by atoms with E-state index in [1.807, 2.05) is 6.92 Å². The standard InChI is InChI=1S/C15H30N2O4/c1-12(2)11-21-10-4-8-16-15(20)17-9-7-13(3)5-6-14(18)19/h12-13H,4-11H2,1-3H3,(H,18,19)(H2,16,17,20). The fourth-order valence-electron chi connectivity index (χ4n) is 1.70. The summed E-state index contributed by atoms with van der Waals surface area (Å²) in [5, 5.41) is 14.1. The number of hydrogen-bond acceptors (Lipinski definition) is 3. The van der Waals surface area contributed by atoms with Gasteiger partial charge in [0.1, 0.15) is 0 Å². The van der Waals surface area contributed by atoms with Gasteiger partial charge < -0.3 is 20.5 Å². The van der Waals surface area contributed by atoms with Gasteiger partial charge in [0.05, 0.1) is 0 Å². The highest BCUT2D eigenvalue weighted by molar-refractivity contribution is 5.73. The van der Waals surface area contributed by atoms with E-state index in [0.717, 1.165) is 19.4 Å². The van der Waals surface area contributed by atoms with Gasteiger partial charge in [0, 0.05) is 32.7 Å². The van der Waals surface area contributed by atoms with Gasteiger partial charge in [0.25, 0.3) is 0 Å². The van der Waals surface area contributed by atoms with Gasteiger partial charge in [-0.05, 0) is 31.1 Å². The number of carboxylic acids is 1. The maximum Gasteiger partial charge on any atom is 0.314 e. The van der Waals surface area contributed by atoms with Crippen LogP contribution < -0.4 is 10.6 Å². The summed E-state index contributed by atoms with van der Waals surface area (Å²) in [4.78, 5) is 21.9. The molecule has 0 aliphatic heterocycles. The van der Waals surface area contributed by atoms with E-state index in [4.69, 9.17) is 9.84 Å². The lowest BCUT2D eigenvalue weighted by Crippen LogP contribution is -2.37. The summed E-state index contributed by atoms with van der Waals surface area (Å²) in [6, 6.07) is -0.177. The number of carbonyl (C=O) groups excluding carboxylic acids is 1. The summed E-state index contributed by atoms with van der Waals surface area (Å²) in [5.41, 5.74) is 0. The van der Waals surface area contributed by atoms with E-state index in [0.29, 0.717) is 38.0 Å². The van der Waals surface area contributed by atoms with Crippen LogP contribution in [0.15, 0.2) is 0 Å². The number of aliphatic carboxylic acids is 1. The fraction of sp³-hybridized carbons (Fsp3) is 0.867. The minimum absolute atomic E-state index is 0.177. The number of amides is 2. The van der Waals surface area contributed by atoms with Crippen molar-refractivity contribution < 1.29 is 19.4 Å². The molecule has 0 aliphatic carbocycles. The summed E-state index contributed by atoms with van der Waals surface area (Å²) in [5.74, 6) is 0.0578. The third-order valence-corrected chi connectivity index (χ3v) is 2.98. The van der Waals surface area contributed by atoms with Crippen LogP contribution >= 0.6 is 0 Å². The first-order valence-electron chi connectivity index (χ1n) is 7.73.